The first-order valence-electron chi connectivity index (χ1n) is 13.9. The molecule has 0 atom stereocenters. The van der Waals surface area contributed by atoms with Crippen LogP contribution in [0.5, 0.6) is 0 Å². The summed E-state index contributed by atoms with van der Waals surface area (Å²) in [5.41, 5.74) is 4.38. The van der Waals surface area contributed by atoms with Gasteiger partial charge in [0.2, 0.25) is 0 Å². The molecule has 10 heteroatoms. The van der Waals surface area contributed by atoms with E-state index in [4.69, 9.17) is 0 Å². The molecule has 220 valence electrons. The molecular formula is C33H30Br2N4O4. The Balaban J connectivity index is 0.00000212. The summed E-state index contributed by atoms with van der Waals surface area (Å²) in [4.78, 5) is 52.9. The minimum absolute atomic E-state index is 0. The van der Waals surface area contributed by atoms with E-state index in [-0.39, 0.29) is 57.6 Å². The SMILES string of the molecule is O=C1c2ccccc2C(=O)N1CC[n+]1ccc(CCCc2cc[n+](CCN3C(=O)c4ccccc4C3=O)cc2)cc1.[Br-].[Br-]. The summed E-state index contributed by atoms with van der Waals surface area (Å²) in [6.45, 7) is 1.76. The number of rotatable bonds is 10. The molecule has 2 aromatic heterocycles. The van der Waals surface area contributed by atoms with E-state index < -0.39 is 0 Å². The number of halogens is 2. The van der Waals surface area contributed by atoms with Crippen LogP contribution in [0.25, 0.3) is 0 Å². The maximum absolute atomic E-state index is 12.6. The summed E-state index contributed by atoms with van der Waals surface area (Å²) in [7, 11) is 0. The fourth-order valence-corrected chi connectivity index (χ4v) is 5.42. The number of pyridine rings is 2. The van der Waals surface area contributed by atoms with E-state index >= 15 is 0 Å². The highest BCUT2D eigenvalue weighted by molar-refractivity contribution is 6.22. The molecule has 4 amide bonds. The number of aryl methyl sites for hydroxylation is 2. The Hall–Kier alpha value is -4.02. The van der Waals surface area contributed by atoms with Gasteiger partial charge in [-0.1, -0.05) is 24.3 Å². The van der Waals surface area contributed by atoms with Crippen LogP contribution in [0.2, 0.25) is 0 Å². The van der Waals surface area contributed by atoms with Crippen LogP contribution in [-0.2, 0) is 25.9 Å². The number of fused-ring (bicyclic) bond motifs is 2. The van der Waals surface area contributed by atoms with Crippen LogP contribution in [0.4, 0.5) is 0 Å². The predicted molar refractivity (Wildman–Crippen MR) is 149 cm³/mol. The molecule has 4 aromatic rings. The van der Waals surface area contributed by atoms with Crippen LogP contribution >= 0.6 is 0 Å². The zero-order valence-corrected chi connectivity index (χ0v) is 26.5. The van der Waals surface area contributed by atoms with Crippen LogP contribution in [0, 0.1) is 0 Å². The number of imide groups is 2. The Labute approximate surface area is 271 Å². The molecule has 0 unspecified atom stereocenters. The average molecular weight is 706 g/mol. The number of benzene rings is 2. The zero-order chi connectivity index (χ0) is 28.3. The normalized spacial score (nSPS) is 13.5. The van der Waals surface area contributed by atoms with Crippen LogP contribution < -0.4 is 43.1 Å². The highest BCUT2D eigenvalue weighted by atomic mass is 79.9. The van der Waals surface area contributed by atoms with Crippen molar-refractivity contribution in [3.8, 4) is 0 Å². The fraction of sp³-hybridized carbons (Fsp3) is 0.212. The highest BCUT2D eigenvalue weighted by Crippen LogP contribution is 2.23. The summed E-state index contributed by atoms with van der Waals surface area (Å²) in [5.74, 6) is -0.900. The quantitative estimate of drug-likeness (QED) is 0.131. The Kier molecular flexibility index (Phi) is 10.4. The Morgan fingerprint density at radius 2 is 0.767 bits per heavy atom. The van der Waals surface area contributed by atoms with Crippen LogP contribution in [0.1, 0.15) is 59.0 Å². The number of amides is 4. The Bertz CT molecular complexity index is 1470. The monoisotopic (exact) mass is 704 g/mol. The molecule has 6 rings (SSSR count). The standard InChI is InChI=1S/C33H30N4O4.2BrH/c38-30-26-8-1-2-9-27(26)31(39)36(30)22-20-34-16-12-24(13-17-34)6-5-7-25-14-18-35(19-15-25)21-23-37-32(40)28-10-3-4-11-29(28)33(37)41;;/h1-4,8-19H,5-7,20-23H2;2*1H/q+2;;/p-2. The van der Waals surface area contributed by atoms with Gasteiger partial charge in [0, 0.05) is 24.3 Å². The summed E-state index contributed by atoms with van der Waals surface area (Å²) < 4.78 is 3.98. The van der Waals surface area contributed by atoms with Crippen molar-refractivity contribution in [2.24, 2.45) is 0 Å². The lowest BCUT2D eigenvalue weighted by Crippen LogP contribution is -3.00. The van der Waals surface area contributed by atoms with E-state index in [9.17, 15) is 19.2 Å². The minimum Gasteiger partial charge on any atom is -1.00 e. The number of hydrogen-bond donors (Lipinski definition) is 0. The molecule has 8 nitrogen and oxygen atoms in total. The van der Waals surface area contributed by atoms with Crippen molar-refractivity contribution in [2.45, 2.75) is 32.4 Å². The lowest BCUT2D eigenvalue weighted by molar-refractivity contribution is -0.696. The summed E-state index contributed by atoms with van der Waals surface area (Å²) in [6.07, 6.45) is 10.8. The van der Waals surface area contributed by atoms with E-state index in [1.165, 1.54) is 20.9 Å². The number of aromatic nitrogens is 2. The van der Waals surface area contributed by atoms with Crippen LogP contribution in [-0.4, -0.2) is 46.5 Å². The second-order valence-electron chi connectivity index (χ2n) is 10.4. The Morgan fingerprint density at radius 1 is 0.465 bits per heavy atom. The predicted octanol–water partition coefficient (Wildman–Crippen LogP) is -2.96. The van der Waals surface area contributed by atoms with Crippen LogP contribution in [0.15, 0.2) is 97.6 Å². The lowest BCUT2D eigenvalue weighted by atomic mass is 10.1. The number of carbonyl (C=O) groups excluding carboxylic acids is 4. The van der Waals surface area contributed by atoms with Gasteiger partial charge in [0.1, 0.15) is 0 Å². The highest BCUT2D eigenvalue weighted by Gasteiger charge is 2.36. The second kappa shape index (κ2) is 14.0. The number of nitrogens with zero attached hydrogens (tertiary/aromatic N) is 4. The van der Waals surface area contributed by atoms with Gasteiger partial charge in [-0.25, -0.2) is 9.13 Å². The molecule has 0 fully saturated rings. The maximum atomic E-state index is 12.6. The molecule has 0 aliphatic carbocycles. The summed E-state index contributed by atoms with van der Waals surface area (Å²) in [6, 6.07) is 22.2. The van der Waals surface area contributed by atoms with Gasteiger partial charge in [-0.2, -0.15) is 0 Å². The zero-order valence-electron chi connectivity index (χ0n) is 23.4. The molecule has 0 N–H and O–H groups in total. The van der Waals surface area contributed by atoms with Gasteiger partial charge in [0.25, 0.3) is 23.6 Å². The molecule has 2 aromatic carbocycles. The third-order valence-corrected chi connectivity index (χ3v) is 7.77. The third kappa shape index (κ3) is 6.65. The fourth-order valence-electron chi connectivity index (χ4n) is 5.42. The molecule has 4 heterocycles. The molecule has 0 saturated heterocycles. The van der Waals surface area contributed by atoms with Gasteiger partial charge in [-0.3, -0.25) is 29.0 Å². The molecule has 0 saturated carbocycles. The van der Waals surface area contributed by atoms with Crippen LogP contribution in [0.3, 0.4) is 0 Å². The number of hydrogen-bond acceptors (Lipinski definition) is 4. The minimum atomic E-state index is -0.225. The van der Waals surface area contributed by atoms with E-state index in [1.54, 1.807) is 48.5 Å². The van der Waals surface area contributed by atoms with Gasteiger partial charge < -0.3 is 34.0 Å². The molecule has 0 radical (unpaired) electrons. The van der Waals surface area contributed by atoms with Crippen molar-refractivity contribution < 1.29 is 62.3 Å². The van der Waals surface area contributed by atoms with Crippen molar-refractivity contribution in [2.75, 3.05) is 13.1 Å². The smallest absolute Gasteiger partial charge is 0.261 e. The molecule has 0 bridgehead atoms. The molecular weight excluding hydrogens is 676 g/mol. The van der Waals surface area contributed by atoms with Crippen molar-refractivity contribution in [3.05, 3.63) is 131 Å². The van der Waals surface area contributed by atoms with E-state index in [0.29, 0.717) is 48.4 Å². The maximum Gasteiger partial charge on any atom is 0.261 e. The van der Waals surface area contributed by atoms with E-state index in [2.05, 4.69) is 24.3 Å². The van der Waals surface area contributed by atoms with Crippen molar-refractivity contribution in [3.63, 3.8) is 0 Å². The Morgan fingerprint density at radius 3 is 1.07 bits per heavy atom. The first kappa shape index (κ1) is 31.9. The van der Waals surface area contributed by atoms with Gasteiger partial charge in [-0.15, -0.1) is 0 Å². The summed E-state index contributed by atoms with van der Waals surface area (Å²) >= 11 is 0. The summed E-state index contributed by atoms with van der Waals surface area (Å²) in [5, 5.41) is 0. The first-order chi connectivity index (χ1) is 20.0. The van der Waals surface area contributed by atoms with Gasteiger partial charge in [0.15, 0.2) is 37.9 Å². The number of carbonyl (C=O) groups is 4. The average Bonchev–Trinajstić information content (AvgIpc) is 3.40. The van der Waals surface area contributed by atoms with Crippen molar-refractivity contribution >= 4 is 23.6 Å². The van der Waals surface area contributed by atoms with Crippen molar-refractivity contribution in [1.29, 1.82) is 0 Å². The van der Waals surface area contributed by atoms with Gasteiger partial charge >= 0.3 is 0 Å². The third-order valence-electron chi connectivity index (χ3n) is 7.77. The van der Waals surface area contributed by atoms with Gasteiger partial charge in [-0.05, 0) is 54.7 Å². The molecule has 0 spiro atoms. The largest absolute Gasteiger partial charge is 1.00 e. The van der Waals surface area contributed by atoms with Gasteiger partial charge in [0.05, 0.1) is 35.3 Å². The lowest BCUT2D eigenvalue weighted by Gasteiger charge is -2.11. The first-order valence-corrected chi connectivity index (χ1v) is 13.9. The van der Waals surface area contributed by atoms with E-state index in [0.717, 1.165) is 19.3 Å². The molecule has 2 aliphatic rings. The topological polar surface area (TPSA) is 82.5 Å². The second-order valence-corrected chi connectivity index (χ2v) is 10.4. The van der Waals surface area contributed by atoms with E-state index in [1.807, 2.05) is 33.9 Å². The molecule has 2 aliphatic heterocycles. The van der Waals surface area contributed by atoms with Crippen molar-refractivity contribution in [1.82, 2.24) is 9.80 Å². The molecule has 43 heavy (non-hydrogen) atoms.